The molecule has 1 amide bonds. The molecule has 20 heavy (non-hydrogen) atoms. The van der Waals surface area contributed by atoms with E-state index < -0.39 is 0 Å². The quantitative estimate of drug-likeness (QED) is 0.785. The van der Waals surface area contributed by atoms with Crippen molar-refractivity contribution in [3.63, 3.8) is 0 Å². The van der Waals surface area contributed by atoms with Crippen molar-refractivity contribution in [2.24, 2.45) is 0 Å². The summed E-state index contributed by atoms with van der Waals surface area (Å²) in [5.41, 5.74) is 1.94. The summed E-state index contributed by atoms with van der Waals surface area (Å²) < 4.78 is 0.730. The molecule has 1 N–H and O–H groups in total. The minimum Gasteiger partial charge on any atom is -0.306 e. The van der Waals surface area contributed by atoms with Crippen LogP contribution in [0.3, 0.4) is 0 Å². The summed E-state index contributed by atoms with van der Waals surface area (Å²) >= 11 is 3.34. The fraction of sp³-hybridized carbons (Fsp3) is 0. The average Bonchev–Trinajstić information content (AvgIpc) is 2.49. The van der Waals surface area contributed by atoms with Crippen molar-refractivity contribution >= 4 is 38.7 Å². The number of hydrogen-bond acceptors (Lipinski definition) is 4. The molecule has 6 heteroatoms. The molecule has 98 valence electrons. The smallest absolute Gasteiger partial charge is 0.256 e. The number of nitrogens with zero attached hydrogens (tertiary/aromatic N) is 3. The van der Waals surface area contributed by atoms with Gasteiger partial charge in [0.2, 0.25) is 0 Å². The Bertz CT molecular complexity index is 791. The molecule has 0 unspecified atom stereocenters. The highest BCUT2D eigenvalue weighted by Crippen LogP contribution is 2.19. The lowest BCUT2D eigenvalue weighted by Crippen LogP contribution is -2.13. The van der Waals surface area contributed by atoms with Gasteiger partial charge in [-0.05, 0) is 46.3 Å². The van der Waals surface area contributed by atoms with Crippen LogP contribution < -0.4 is 5.32 Å². The van der Waals surface area contributed by atoms with E-state index in [9.17, 15) is 4.79 Å². The lowest BCUT2D eigenvalue weighted by atomic mass is 10.2. The van der Waals surface area contributed by atoms with E-state index in [1.165, 1.54) is 0 Å². The molecule has 0 saturated carbocycles. The van der Waals surface area contributed by atoms with Crippen molar-refractivity contribution in [2.45, 2.75) is 0 Å². The van der Waals surface area contributed by atoms with Crippen LogP contribution in [-0.2, 0) is 0 Å². The Hall–Kier alpha value is -2.34. The normalized spacial score (nSPS) is 10.4. The molecular weight excluding hydrogens is 320 g/mol. The first-order valence-electron chi connectivity index (χ1n) is 5.87. The summed E-state index contributed by atoms with van der Waals surface area (Å²) in [5, 5.41) is 2.75. The molecule has 0 fully saturated rings. The molecule has 0 aliphatic rings. The number of amides is 1. The fourth-order valence-corrected chi connectivity index (χ4v) is 2.12. The van der Waals surface area contributed by atoms with Gasteiger partial charge in [-0.3, -0.25) is 14.8 Å². The van der Waals surface area contributed by atoms with Gasteiger partial charge in [-0.1, -0.05) is 0 Å². The maximum absolute atomic E-state index is 12.2. The van der Waals surface area contributed by atoms with Gasteiger partial charge >= 0.3 is 0 Å². The summed E-state index contributed by atoms with van der Waals surface area (Å²) in [6.45, 7) is 0. The Morgan fingerprint density at radius 2 is 1.80 bits per heavy atom. The van der Waals surface area contributed by atoms with E-state index in [0.29, 0.717) is 16.9 Å². The maximum Gasteiger partial charge on any atom is 0.256 e. The minimum atomic E-state index is -0.239. The van der Waals surface area contributed by atoms with Crippen molar-refractivity contribution < 1.29 is 4.79 Å². The number of nitrogens with one attached hydrogen (secondary N) is 1. The van der Waals surface area contributed by atoms with E-state index in [4.69, 9.17) is 0 Å². The molecule has 3 aromatic rings. The Morgan fingerprint density at radius 1 is 1.00 bits per heavy atom. The third-order valence-corrected chi connectivity index (χ3v) is 3.36. The minimum absolute atomic E-state index is 0.239. The van der Waals surface area contributed by atoms with Crippen LogP contribution in [0.1, 0.15) is 10.4 Å². The largest absolute Gasteiger partial charge is 0.306 e. The van der Waals surface area contributed by atoms with Crippen molar-refractivity contribution in [3.05, 3.63) is 59.0 Å². The average molecular weight is 329 g/mol. The molecule has 0 radical (unpaired) electrons. The van der Waals surface area contributed by atoms with Crippen molar-refractivity contribution in [2.75, 3.05) is 5.32 Å². The third-order valence-electron chi connectivity index (χ3n) is 2.72. The highest BCUT2D eigenvalue weighted by molar-refractivity contribution is 9.10. The molecule has 0 atom stereocenters. The van der Waals surface area contributed by atoms with Crippen LogP contribution in [0.5, 0.6) is 0 Å². The number of fused-ring (bicyclic) bond motifs is 1. The second-order valence-corrected chi connectivity index (χ2v) is 4.90. The Morgan fingerprint density at radius 3 is 2.60 bits per heavy atom. The zero-order valence-electron chi connectivity index (χ0n) is 10.2. The first kappa shape index (κ1) is 12.7. The number of aromatic nitrogens is 3. The van der Waals surface area contributed by atoms with E-state index in [1.54, 1.807) is 42.9 Å². The van der Waals surface area contributed by atoms with E-state index in [1.807, 2.05) is 6.07 Å². The van der Waals surface area contributed by atoms with E-state index >= 15 is 0 Å². The monoisotopic (exact) mass is 328 g/mol. The number of anilines is 1. The molecule has 3 rings (SSSR count). The number of benzene rings is 1. The number of rotatable bonds is 2. The number of pyridine rings is 1. The van der Waals surface area contributed by atoms with E-state index in [-0.39, 0.29) is 5.91 Å². The third kappa shape index (κ3) is 2.50. The van der Waals surface area contributed by atoms with Crippen LogP contribution in [0, 0.1) is 0 Å². The molecule has 2 aromatic heterocycles. The molecule has 2 heterocycles. The first-order valence-corrected chi connectivity index (χ1v) is 6.66. The van der Waals surface area contributed by atoms with E-state index in [0.717, 1.165) is 9.99 Å². The van der Waals surface area contributed by atoms with Gasteiger partial charge in [0.05, 0.1) is 15.5 Å². The zero-order valence-corrected chi connectivity index (χ0v) is 11.8. The van der Waals surface area contributed by atoms with Gasteiger partial charge in [-0.15, -0.1) is 0 Å². The molecular formula is C14H9BrN4O. The lowest BCUT2D eigenvalue weighted by Gasteiger charge is -2.06. The van der Waals surface area contributed by atoms with Gasteiger partial charge in [0.1, 0.15) is 5.82 Å². The van der Waals surface area contributed by atoms with Crippen molar-refractivity contribution in [1.29, 1.82) is 0 Å². The van der Waals surface area contributed by atoms with Gasteiger partial charge in [0.25, 0.3) is 5.91 Å². The summed E-state index contributed by atoms with van der Waals surface area (Å²) in [5.74, 6) is 0.244. The van der Waals surface area contributed by atoms with Gasteiger partial charge in [0.15, 0.2) is 0 Å². The van der Waals surface area contributed by atoms with Crippen molar-refractivity contribution in [1.82, 2.24) is 15.0 Å². The summed E-state index contributed by atoms with van der Waals surface area (Å²) in [7, 11) is 0. The van der Waals surface area contributed by atoms with Gasteiger partial charge < -0.3 is 5.32 Å². The highest BCUT2D eigenvalue weighted by atomic mass is 79.9. The van der Waals surface area contributed by atoms with Crippen LogP contribution in [0.15, 0.2) is 53.4 Å². The zero-order chi connectivity index (χ0) is 13.9. The Kier molecular flexibility index (Phi) is 3.39. The highest BCUT2D eigenvalue weighted by Gasteiger charge is 2.10. The molecule has 0 spiro atoms. The van der Waals surface area contributed by atoms with Crippen LogP contribution in [-0.4, -0.2) is 20.9 Å². The molecule has 0 saturated heterocycles. The van der Waals surface area contributed by atoms with Gasteiger partial charge in [-0.2, -0.15) is 0 Å². The van der Waals surface area contributed by atoms with Crippen molar-refractivity contribution in [3.8, 4) is 0 Å². The van der Waals surface area contributed by atoms with E-state index in [2.05, 4.69) is 36.2 Å². The predicted molar refractivity (Wildman–Crippen MR) is 79.4 cm³/mol. The number of carbonyl (C=O) groups excluding carboxylic acids is 1. The molecule has 1 aromatic carbocycles. The second-order valence-electron chi connectivity index (χ2n) is 4.05. The summed E-state index contributed by atoms with van der Waals surface area (Å²) in [6, 6.07) is 8.78. The van der Waals surface area contributed by atoms with Crippen LogP contribution in [0.2, 0.25) is 0 Å². The topological polar surface area (TPSA) is 67.8 Å². The molecule has 0 aliphatic heterocycles. The first-order chi connectivity index (χ1) is 9.74. The summed E-state index contributed by atoms with van der Waals surface area (Å²) in [6.07, 6.45) is 4.83. The second kappa shape index (κ2) is 5.34. The van der Waals surface area contributed by atoms with Crippen LogP contribution in [0.25, 0.3) is 11.0 Å². The number of halogens is 1. The fourth-order valence-electron chi connectivity index (χ4n) is 1.76. The Labute approximate surface area is 123 Å². The number of carbonyl (C=O) groups is 1. The lowest BCUT2D eigenvalue weighted by molar-refractivity contribution is 0.102. The molecule has 0 bridgehead atoms. The standard InChI is InChI=1S/C14H9BrN4O/c15-10-2-1-5-18-13(10)19-14(20)9-3-4-11-12(8-9)17-7-6-16-11/h1-8H,(H,18,19,20). The molecule has 5 nitrogen and oxygen atoms in total. The summed E-state index contributed by atoms with van der Waals surface area (Å²) in [4.78, 5) is 24.6. The maximum atomic E-state index is 12.2. The van der Waals surface area contributed by atoms with Gasteiger partial charge in [0, 0.05) is 24.2 Å². The molecule has 0 aliphatic carbocycles. The Balaban J connectivity index is 1.91. The number of hydrogen-bond donors (Lipinski definition) is 1. The van der Waals surface area contributed by atoms with Crippen LogP contribution in [0.4, 0.5) is 5.82 Å². The SMILES string of the molecule is O=C(Nc1ncccc1Br)c1ccc2nccnc2c1. The predicted octanol–water partition coefficient (Wildman–Crippen LogP) is 3.04. The van der Waals surface area contributed by atoms with Gasteiger partial charge in [-0.25, -0.2) is 4.98 Å². The van der Waals surface area contributed by atoms with Crippen LogP contribution >= 0.6 is 15.9 Å².